The SMILES string of the molecule is CN=C(NCCC1=CCOCC1)N(C)CCC1CCOCC1. The fourth-order valence-corrected chi connectivity index (χ4v) is 3.03. The van der Waals surface area contributed by atoms with Gasteiger partial charge >= 0.3 is 0 Å². The predicted octanol–water partition coefficient (Wildman–Crippen LogP) is 2.05. The zero-order valence-corrected chi connectivity index (χ0v) is 14.1. The second-order valence-corrected chi connectivity index (χ2v) is 6.18. The number of aliphatic imine (C=N–C) groups is 1. The molecule has 22 heavy (non-hydrogen) atoms. The Labute approximate surface area is 134 Å². The van der Waals surface area contributed by atoms with Crippen molar-refractivity contribution in [1.29, 1.82) is 0 Å². The molecule has 5 nitrogen and oxygen atoms in total. The van der Waals surface area contributed by atoms with E-state index >= 15 is 0 Å². The number of hydrogen-bond donors (Lipinski definition) is 1. The van der Waals surface area contributed by atoms with E-state index in [-0.39, 0.29) is 0 Å². The van der Waals surface area contributed by atoms with Crippen LogP contribution in [-0.2, 0) is 9.47 Å². The van der Waals surface area contributed by atoms with E-state index in [1.807, 2.05) is 7.05 Å². The molecular formula is C17H31N3O2. The molecule has 0 aromatic carbocycles. The van der Waals surface area contributed by atoms with Crippen molar-refractivity contribution in [2.45, 2.75) is 32.1 Å². The normalized spacial score (nSPS) is 20.6. The fourth-order valence-electron chi connectivity index (χ4n) is 3.03. The molecule has 0 aromatic rings. The van der Waals surface area contributed by atoms with E-state index in [1.165, 1.54) is 24.8 Å². The van der Waals surface area contributed by atoms with Gasteiger partial charge in [0.25, 0.3) is 0 Å². The molecule has 0 atom stereocenters. The van der Waals surface area contributed by atoms with Crippen LogP contribution in [0.15, 0.2) is 16.6 Å². The third kappa shape index (κ3) is 5.97. The van der Waals surface area contributed by atoms with Gasteiger partial charge in [0.1, 0.15) is 0 Å². The molecule has 0 bridgehead atoms. The van der Waals surface area contributed by atoms with Crippen molar-refractivity contribution >= 4 is 5.96 Å². The Kier molecular flexibility index (Phi) is 7.74. The van der Waals surface area contributed by atoms with E-state index in [4.69, 9.17) is 9.47 Å². The molecule has 0 amide bonds. The van der Waals surface area contributed by atoms with Gasteiger partial charge in [-0.3, -0.25) is 4.99 Å². The van der Waals surface area contributed by atoms with Crippen LogP contribution in [0.5, 0.6) is 0 Å². The third-order valence-electron chi connectivity index (χ3n) is 4.57. The van der Waals surface area contributed by atoms with Gasteiger partial charge < -0.3 is 19.7 Å². The highest BCUT2D eigenvalue weighted by atomic mass is 16.5. The number of ether oxygens (including phenoxy) is 2. The van der Waals surface area contributed by atoms with Crippen molar-refractivity contribution in [3.63, 3.8) is 0 Å². The maximum absolute atomic E-state index is 5.42. The standard InChI is InChI=1S/C17H31N3O2/c1-18-17(19-9-3-15-5-11-21-12-6-15)20(2)10-4-16-7-13-22-14-8-16/h5,16H,3-4,6-14H2,1-2H3,(H,18,19). The molecule has 5 heteroatoms. The van der Waals surface area contributed by atoms with Gasteiger partial charge in [-0.15, -0.1) is 0 Å². The van der Waals surface area contributed by atoms with Crippen LogP contribution in [0.2, 0.25) is 0 Å². The Morgan fingerprint density at radius 2 is 2.14 bits per heavy atom. The highest BCUT2D eigenvalue weighted by Crippen LogP contribution is 2.18. The van der Waals surface area contributed by atoms with E-state index in [0.29, 0.717) is 0 Å². The lowest BCUT2D eigenvalue weighted by Gasteiger charge is -2.27. The number of nitrogens with zero attached hydrogens (tertiary/aromatic N) is 2. The first-order valence-electron chi connectivity index (χ1n) is 8.54. The highest BCUT2D eigenvalue weighted by Gasteiger charge is 2.15. The third-order valence-corrected chi connectivity index (χ3v) is 4.57. The first kappa shape index (κ1) is 17.3. The zero-order chi connectivity index (χ0) is 15.6. The van der Waals surface area contributed by atoms with Crippen molar-refractivity contribution in [2.75, 3.05) is 53.6 Å². The smallest absolute Gasteiger partial charge is 0.193 e. The predicted molar refractivity (Wildman–Crippen MR) is 90.3 cm³/mol. The van der Waals surface area contributed by atoms with E-state index in [0.717, 1.165) is 64.2 Å². The van der Waals surface area contributed by atoms with Crippen LogP contribution in [0.3, 0.4) is 0 Å². The molecule has 2 heterocycles. The van der Waals surface area contributed by atoms with E-state index in [1.54, 1.807) is 0 Å². The first-order valence-corrected chi connectivity index (χ1v) is 8.54. The van der Waals surface area contributed by atoms with Gasteiger partial charge in [-0.2, -0.15) is 0 Å². The maximum atomic E-state index is 5.42. The molecule has 2 aliphatic rings. The molecule has 0 spiro atoms. The summed E-state index contributed by atoms with van der Waals surface area (Å²) >= 11 is 0. The van der Waals surface area contributed by atoms with Crippen LogP contribution in [0.25, 0.3) is 0 Å². The van der Waals surface area contributed by atoms with Crippen molar-refractivity contribution in [3.05, 3.63) is 11.6 Å². The topological polar surface area (TPSA) is 46.1 Å². The molecule has 0 unspecified atom stereocenters. The molecule has 0 aliphatic carbocycles. The van der Waals surface area contributed by atoms with Crippen LogP contribution in [0.4, 0.5) is 0 Å². The lowest BCUT2D eigenvalue weighted by atomic mass is 9.96. The van der Waals surface area contributed by atoms with Gasteiger partial charge in [0, 0.05) is 40.4 Å². The molecule has 1 fully saturated rings. The number of nitrogens with one attached hydrogen (secondary N) is 1. The fraction of sp³-hybridized carbons (Fsp3) is 0.824. The van der Waals surface area contributed by atoms with Crippen molar-refractivity contribution in [1.82, 2.24) is 10.2 Å². The summed E-state index contributed by atoms with van der Waals surface area (Å²) in [5.41, 5.74) is 1.50. The van der Waals surface area contributed by atoms with Gasteiger partial charge in [-0.1, -0.05) is 11.6 Å². The summed E-state index contributed by atoms with van der Waals surface area (Å²) in [7, 11) is 3.99. The molecule has 2 aliphatic heterocycles. The van der Waals surface area contributed by atoms with Gasteiger partial charge in [0.15, 0.2) is 5.96 Å². The Bertz CT molecular complexity index is 376. The molecule has 0 saturated carbocycles. The Morgan fingerprint density at radius 3 is 2.82 bits per heavy atom. The molecule has 2 rings (SSSR count). The molecule has 1 saturated heterocycles. The zero-order valence-electron chi connectivity index (χ0n) is 14.1. The minimum Gasteiger partial charge on any atom is -0.381 e. The van der Waals surface area contributed by atoms with Crippen LogP contribution < -0.4 is 5.32 Å². The monoisotopic (exact) mass is 309 g/mol. The quantitative estimate of drug-likeness (QED) is 0.463. The number of rotatable bonds is 6. The lowest BCUT2D eigenvalue weighted by molar-refractivity contribution is 0.0625. The minimum atomic E-state index is 0.773. The average Bonchev–Trinajstić information content (AvgIpc) is 2.58. The number of hydrogen-bond acceptors (Lipinski definition) is 3. The van der Waals surface area contributed by atoms with Crippen LogP contribution in [-0.4, -0.2) is 64.5 Å². The van der Waals surface area contributed by atoms with Gasteiger partial charge in [0.2, 0.25) is 0 Å². The average molecular weight is 309 g/mol. The maximum Gasteiger partial charge on any atom is 0.193 e. The number of guanidine groups is 1. The van der Waals surface area contributed by atoms with E-state index < -0.39 is 0 Å². The largest absolute Gasteiger partial charge is 0.381 e. The summed E-state index contributed by atoms with van der Waals surface area (Å²) in [4.78, 5) is 6.64. The van der Waals surface area contributed by atoms with Gasteiger partial charge in [-0.25, -0.2) is 0 Å². The molecule has 126 valence electrons. The van der Waals surface area contributed by atoms with E-state index in [2.05, 4.69) is 28.3 Å². The second kappa shape index (κ2) is 9.85. The second-order valence-electron chi connectivity index (χ2n) is 6.18. The Hall–Kier alpha value is -1.07. The summed E-state index contributed by atoms with van der Waals surface area (Å²) in [6.45, 7) is 5.50. The Balaban J connectivity index is 1.65. The summed E-state index contributed by atoms with van der Waals surface area (Å²) < 4.78 is 10.8. The summed E-state index contributed by atoms with van der Waals surface area (Å²) in [6, 6.07) is 0. The molecule has 0 radical (unpaired) electrons. The van der Waals surface area contributed by atoms with Gasteiger partial charge in [-0.05, 0) is 38.0 Å². The van der Waals surface area contributed by atoms with Crippen molar-refractivity contribution in [2.24, 2.45) is 10.9 Å². The minimum absolute atomic E-state index is 0.773. The summed E-state index contributed by atoms with van der Waals surface area (Å²) in [5, 5.41) is 3.47. The van der Waals surface area contributed by atoms with Crippen LogP contribution >= 0.6 is 0 Å². The molecule has 0 aromatic heterocycles. The van der Waals surface area contributed by atoms with Crippen molar-refractivity contribution < 1.29 is 9.47 Å². The van der Waals surface area contributed by atoms with Crippen LogP contribution in [0.1, 0.15) is 32.1 Å². The Morgan fingerprint density at radius 1 is 1.32 bits per heavy atom. The van der Waals surface area contributed by atoms with E-state index in [9.17, 15) is 0 Å². The molecular weight excluding hydrogens is 278 g/mol. The van der Waals surface area contributed by atoms with Gasteiger partial charge in [0.05, 0.1) is 13.2 Å². The van der Waals surface area contributed by atoms with Crippen LogP contribution in [0, 0.1) is 5.92 Å². The first-order chi connectivity index (χ1) is 10.8. The summed E-state index contributed by atoms with van der Waals surface area (Å²) in [6.07, 6.45) is 7.99. The lowest BCUT2D eigenvalue weighted by Crippen LogP contribution is -2.40. The van der Waals surface area contributed by atoms with Crippen molar-refractivity contribution in [3.8, 4) is 0 Å². The molecule has 1 N–H and O–H groups in total. The highest BCUT2D eigenvalue weighted by molar-refractivity contribution is 5.79. The summed E-state index contributed by atoms with van der Waals surface area (Å²) in [5.74, 6) is 1.81.